The predicted molar refractivity (Wildman–Crippen MR) is 132 cm³/mol. The van der Waals surface area contributed by atoms with Gasteiger partial charge in [-0.2, -0.15) is 0 Å². The molecule has 4 rings (SSSR count). The summed E-state index contributed by atoms with van der Waals surface area (Å²) in [5.41, 5.74) is 0.274. The number of cyclic esters (lactones) is 1. The Labute approximate surface area is 214 Å². The quantitative estimate of drug-likeness (QED) is 0.354. The largest absolute Gasteiger partial charge is 0.507 e. The third kappa shape index (κ3) is 6.37. The average molecular weight is 520 g/mol. The van der Waals surface area contributed by atoms with Gasteiger partial charge in [0.25, 0.3) is 5.91 Å². The fourth-order valence-electron chi connectivity index (χ4n) is 4.17. The minimum atomic E-state index is -0.781. The number of carbonyl (C=O) groups is 2. The van der Waals surface area contributed by atoms with Gasteiger partial charge in [-0.3, -0.25) is 4.79 Å². The number of phenols is 2. The summed E-state index contributed by atoms with van der Waals surface area (Å²) in [7, 11) is 2.00. The highest BCUT2D eigenvalue weighted by atomic mass is 35.5. The molecule has 10 nitrogen and oxygen atoms in total. The van der Waals surface area contributed by atoms with Crippen molar-refractivity contribution in [3.05, 3.63) is 46.5 Å². The van der Waals surface area contributed by atoms with E-state index in [1.54, 1.807) is 30.1 Å². The summed E-state index contributed by atoms with van der Waals surface area (Å²) in [5.74, 6) is -1.82. The zero-order valence-corrected chi connectivity index (χ0v) is 21.0. The van der Waals surface area contributed by atoms with Crippen LogP contribution in [0.2, 0.25) is 5.02 Å². The lowest BCUT2D eigenvalue weighted by Crippen LogP contribution is -2.48. The van der Waals surface area contributed by atoms with Crippen molar-refractivity contribution in [2.75, 3.05) is 39.8 Å². The molecule has 11 heteroatoms. The van der Waals surface area contributed by atoms with Crippen LogP contribution in [-0.4, -0.2) is 95.7 Å². The Morgan fingerprint density at radius 1 is 1.22 bits per heavy atom. The summed E-state index contributed by atoms with van der Waals surface area (Å²) < 4.78 is 11.1. The summed E-state index contributed by atoms with van der Waals surface area (Å²) in [4.78, 5) is 34.7. The number of oxime groups is 1. The van der Waals surface area contributed by atoms with Crippen LogP contribution in [0.5, 0.6) is 11.5 Å². The number of fused-ring (bicyclic) bond motifs is 2. The average Bonchev–Trinajstić information content (AvgIpc) is 3.56. The van der Waals surface area contributed by atoms with Crippen molar-refractivity contribution in [3.8, 4) is 11.5 Å². The molecule has 0 aromatic heterocycles. The van der Waals surface area contributed by atoms with Crippen LogP contribution in [0.25, 0.3) is 0 Å². The van der Waals surface area contributed by atoms with Crippen molar-refractivity contribution in [2.24, 2.45) is 5.16 Å². The first kappa shape index (κ1) is 26.0. The number of esters is 1. The Kier molecular flexibility index (Phi) is 8.17. The van der Waals surface area contributed by atoms with Crippen molar-refractivity contribution in [1.29, 1.82) is 0 Å². The Bertz CT molecular complexity index is 1100. The van der Waals surface area contributed by atoms with E-state index in [0.29, 0.717) is 25.2 Å². The zero-order valence-electron chi connectivity index (χ0n) is 20.2. The smallest absolute Gasteiger partial charge is 0.342 e. The van der Waals surface area contributed by atoms with Crippen molar-refractivity contribution in [1.82, 2.24) is 9.80 Å². The third-order valence-corrected chi connectivity index (χ3v) is 6.73. The second kappa shape index (κ2) is 11.3. The number of piperazine rings is 1. The van der Waals surface area contributed by atoms with Gasteiger partial charge >= 0.3 is 5.97 Å². The molecular formula is C25H30ClN3O7. The number of aromatic hydroxyl groups is 2. The van der Waals surface area contributed by atoms with Crippen molar-refractivity contribution >= 4 is 29.2 Å². The molecule has 0 aliphatic carbocycles. The van der Waals surface area contributed by atoms with Gasteiger partial charge < -0.3 is 34.3 Å². The first-order chi connectivity index (χ1) is 17.2. The van der Waals surface area contributed by atoms with Gasteiger partial charge in [0, 0.05) is 45.1 Å². The van der Waals surface area contributed by atoms with Crippen LogP contribution in [0.1, 0.15) is 29.3 Å². The van der Waals surface area contributed by atoms with Gasteiger partial charge in [-0.1, -0.05) is 35.0 Å². The van der Waals surface area contributed by atoms with E-state index in [9.17, 15) is 19.8 Å². The molecule has 1 aromatic rings. The monoisotopic (exact) mass is 519 g/mol. The summed E-state index contributed by atoms with van der Waals surface area (Å²) >= 11 is 6.34. The van der Waals surface area contributed by atoms with E-state index in [1.807, 2.05) is 13.1 Å². The molecule has 2 N–H and O–H groups in total. The molecule has 3 aliphatic rings. The van der Waals surface area contributed by atoms with E-state index >= 15 is 0 Å². The first-order valence-electron chi connectivity index (χ1n) is 11.8. The standard InChI is InChI=1S/C25H30ClN3O7/c1-15-11-21-20(36-21)6-4-3-5-16(27-34-14-22(32)29-9-7-28(2)8-10-29)12-17-23(25(33)35-15)18(30)13-19(31)24(17)26/h3-6,13,15,20-21,30-31H,7-12,14H2,1-2H3/b5-3+,6-4+,27-16+/t15-,20-,21-/m1/s1. The number of amides is 1. The fraction of sp³-hybridized carbons (Fsp3) is 0.480. The van der Waals surface area contributed by atoms with Gasteiger partial charge in [0.2, 0.25) is 0 Å². The molecule has 1 amide bonds. The fourth-order valence-corrected chi connectivity index (χ4v) is 4.39. The van der Waals surface area contributed by atoms with E-state index in [2.05, 4.69) is 10.1 Å². The molecule has 3 atom stereocenters. The third-order valence-electron chi connectivity index (χ3n) is 6.30. The summed E-state index contributed by atoms with van der Waals surface area (Å²) in [6.45, 7) is 4.30. The number of hydrogen-bond donors (Lipinski definition) is 2. The first-order valence-corrected chi connectivity index (χ1v) is 12.2. The van der Waals surface area contributed by atoms with Crippen LogP contribution >= 0.6 is 11.6 Å². The van der Waals surface area contributed by atoms with Gasteiger partial charge in [-0.15, -0.1) is 0 Å². The normalized spacial score (nSPS) is 27.9. The lowest BCUT2D eigenvalue weighted by molar-refractivity contribution is -0.137. The van der Waals surface area contributed by atoms with Gasteiger partial charge in [0.15, 0.2) is 6.61 Å². The molecule has 0 unspecified atom stereocenters. The highest BCUT2D eigenvalue weighted by Crippen LogP contribution is 2.38. The maximum atomic E-state index is 13.0. The van der Waals surface area contributed by atoms with Crippen LogP contribution in [0, 0.1) is 0 Å². The maximum Gasteiger partial charge on any atom is 0.342 e. The molecule has 0 saturated carbocycles. The molecular weight excluding hydrogens is 490 g/mol. The Hall–Kier alpha value is -3.08. The number of rotatable bonds is 3. The molecule has 3 heterocycles. The van der Waals surface area contributed by atoms with Gasteiger partial charge in [0.05, 0.1) is 16.8 Å². The molecule has 2 fully saturated rings. The Balaban J connectivity index is 1.59. The van der Waals surface area contributed by atoms with Crippen LogP contribution in [-0.2, 0) is 25.5 Å². The molecule has 36 heavy (non-hydrogen) atoms. The summed E-state index contributed by atoms with van der Waals surface area (Å²) in [5, 5.41) is 24.7. The number of carbonyl (C=O) groups excluding carboxylic acids is 2. The lowest BCUT2D eigenvalue weighted by Gasteiger charge is -2.32. The number of hydrogen-bond acceptors (Lipinski definition) is 9. The van der Waals surface area contributed by atoms with Gasteiger partial charge in [-0.05, 0) is 25.6 Å². The van der Waals surface area contributed by atoms with E-state index in [-0.39, 0.29) is 47.3 Å². The highest BCUT2D eigenvalue weighted by Gasteiger charge is 2.38. The molecule has 0 bridgehead atoms. The van der Waals surface area contributed by atoms with E-state index in [0.717, 1.165) is 19.2 Å². The van der Waals surface area contributed by atoms with E-state index in [4.69, 9.17) is 25.9 Å². The molecule has 194 valence electrons. The molecule has 2 saturated heterocycles. The number of epoxide rings is 1. The SMILES string of the molecule is C[C@@H]1C[C@H]2O[C@@H]2/C=C/C=C/C(=N\OCC(=O)N2CCN(C)CC2)Cc2c(Cl)c(O)cc(O)c2C(=O)O1. The minimum Gasteiger partial charge on any atom is -0.507 e. The topological polar surface area (TPSA) is 124 Å². The van der Waals surface area contributed by atoms with Crippen molar-refractivity contribution in [3.63, 3.8) is 0 Å². The van der Waals surface area contributed by atoms with Crippen LogP contribution < -0.4 is 0 Å². The molecule has 1 aromatic carbocycles. The summed E-state index contributed by atoms with van der Waals surface area (Å²) in [6, 6.07) is 0.997. The second-order valence-electron chi connectivity index (χ2n) is 9.13. The van der Waals surface area contributed by atoms with Gasteiger partial charge in [0.1, 0.15) is 29.3 Å². The number of allylic oxidation sites excluding steroid dienone is 3. The van der Waals surface area contributed by atoms with Crippen LogP contribution in [0.3, 0.4) is 0 Å². The number of likely N-dealkylation sites (N-methyl/N-ethyl adjacent to an activating group) is 1. The zero-order chi connectivity index (χ0) is 25.8. The number of halogens is 1. The highest BCUT2D eigenvalue weighted by molar-refractivity contribution is 6.33. The second-order valence-corrected chi connectivity index (χ2v) is 9.51. The van der Waals surface area contributed by atoms with Crippen molar-refractivity contribution in [2.45, 2.75) is 38.1 Å². The predicted octanol–water partition coefficient (Wildman–Crippen LogP) is 2.27. The number of nitrogens with zero attached hydrogens (tertiary/aromatic N) is 3. The lowest BCUT2D eigenvalue weighted by atomic mass is 9.99. The Morgan fingerprint density at radius 2 is 1.97 bits per heavy atom. The van der Waals surface area contributed by atoms with Crippen LogP contribution in [0.15, 0.2) is 35.5 Å². The maximum absolute atomic E-state index is 13.0. The van der Waals surface area contributed by atoms with Gasteiger partial charge in [-0.25, -0.2) is 4.79 Å². The van der Waals surface area contributed by atoms with E-state index in [1.165, 1.54) is 0 Å². The number of phenolic OH excluding ortho intramolecular Hbond substituents is 2. The number of benzene rings is 1. The molecule has 3 aliphatic heterocycles. The Morgan fingerprint density at radius 3 is 2.72 bits per heavy atom. The minimum absolute atomic E-state index is 0.0742. The van der Waals surface area contributed by atoms with Crippen LogP contribution in [0.4, 0.5) is 0 Å². The van der Waals surface area contributed by atoms with Crippen molar-refractivity contribution < 1.29 is 34.1 Å². The summed E-state index contributed by atoms with van der Waals surface area (Å²) in [6.07, 6.45) is 6.84. The number of ether oxygens (including phenoxy) is 2. The molecule has 0 radical (unpaired) electrons. The van der Waals surface area contributed by atoms with E-state index < -0.39 is 23.6 Å². The molecule has 0 spiro atoms.